The molecule has 1 aliphatic heterocycles. The second-order valence-electron chi connectivity index (χ2n) is 5.55. The molecule has 20 heavy (non-hydrogen) atoms. The highest BCUT2D eigenvalue weighted by Crippen LogP contribution is 2.20. The molecule has 1 aromatic heterocycles. The summed E-state index contributed by atoms with van der Waals surface area (Å²) >= 11 is 0. The Kier molecular flexibility index (Phi) is 5.17. The van der Waals surface area contributed by atoms with Crippen LogP contribution in [0.2, 0.25) is 0 Å². The summed E-state index contributed by atoms with van der Waals surface area (Å²) in [6.45, 7) is 5.98. The molecule has 0 spiro atoms. The summed E-state index contributed by atoms with van der Waals surface area (Å²) in [7, 11) is 1.47. The fourth-order valence-corrected chi connectivity index (χ4v) is 2.69. The summed E-state index contributed by atoms with van der Waals surface area (Å²) in [6.07, 6.45) is 6.21. The zero-order valence-electron chi connectivity index (χ0n) is 12.7. The topological polar surface area (TPSA) is 47.4 Å². The molecule has 1 fully saturated rings. The Labute approximate surface area is 120 Å². The van der Waals surface area contributed by atoms with Crippen molar-refractivity contribution in [3.05, 3.63) is 18.0 Å². The maximum atomic E-state index is 11.8. The summed E-state index contributed by atoms with van der Waals surface area (Å²) in [4.78, 5) is 14.0. The number of carbonyl (C=O) groups excluding carboxylic acids is 1. The van der Waals surface area contributed by atoms with E-state index in [1.807, 2.05) is 10.9 Å². The molecule has 0 N–H and O–H groups in total. The first-order chi connectivity index (χ1) is 9.65. The number of hydrogen-bond acceptors (Lipinski definition) is 4. The van der Waals surface area contributed by atoms with Crippen molar-refractivity contribution in [3.63, 3.8) is 0 Å². The zero-order valence-corrected chi connectivity index (χ0v) is 12.7. The number of piperidine rings is 1. The van der Waals surface area contributed by atoms with E-state index < -0.39 is 0 Å². The molecule has 5 nitrogen and oxygen atoms in total. The number of aromatic nitrogens is 2. The van der Waals surface area contributed by atoms with Gasteiger partial charge in [-0.15, -0.1) is 0 Å². The third-order valence-corrected chi connectivity index (χ3v) is 4.16. The minimum atomic E-state index is -0.119. The van der Waals surface area contributed by atoms with E-state index in [9.17, 15) is 4.79 Å². The number of hydrogen-bond donors (Lipinski definition) is 0. The van der Waals surface area contributed by atoms with E-state index in [0.29, 0.717) is 6.04 Å². The van der Waals surface area contributed by atoms with Gasteiger partial charge in [0.1, 0.15) is 6.04 Å². The molecule has 0 aliphatic carbocycles. The molecule has 0 amide bonds. The van der Waals surface area contributed by atoms with Gasteiger partial charge in [0.25, 0.3) is 0 Å². The van der Waals surface area contributed by atoms with Gasteiger partial charge in [-0.2, -0.15) is 5.10 Å². The lowest BCUT2D eigenvalue weighted by Crippen LogP contribution is -2.44. The third kappa shape index (κ3) is 3.39. The predicted molar refractivity (Wildman–Crippen MR) is 77.3 cm³/mol. The normalized spacial score (nSPS) is 21.6. The number of ether oxygens (including phenoxy) is 1. The average molecular weight is 279 g/mol. The van der Waals surface area contributed by atoms with Crippen molar-refractivity contribution in [3.8, 4) is 0 Å². The summed E-state index contributed by atoms with van der Waals surface area (Å²) in [5.74, 6) is -0.119. The van der Waals surface area contributed by atoms with Crippen LogP contribution in [0.3, 0.4) is 0 Å². The zero-order chi connectivity index (χ0) is 14.5. The highest BCUT2D eigenvalue weighted by Gasteiger charge is 2.29. The Hall–Kier alpha value is -1.36. The van der Waals surface area contributed by atoms with Crippen LogP contribution in [0, 0.1) is 0 Å². The number of carbonyl (C=O) groups is 1. The Morgan fingerprint density at radius 1 is 1.55 bits per heavy atom. The Morgan fingerprint density at radius 3 is 3.05 bits per heavy atom. The fraction of sp³-hybridized carbons (Fsp3) is 0.733. The molecule has 1 saturated heterocycles. The van der Waals surface area contributed by atoms with Gasteiger partial charge >= 0.3 is 5.97 Å². The smallest absolute Gasteiger partial charge is 0.323 e. The van der Waals surface area contributed by atoms with E-state index in [-0.39, 0.29) is 12.0 Å². The summed E-state index contributed by atoms with van der Waals surface area (Å²) in [5, 5.41) is 4.62. The van der Waals surface area contributed by atoms with Gasteiger partial charge in [0.05, 0.1) is 12.8 Å². The molecule has 0 saturated carbocycles. The molecule has 0 radical (unpaired) electrons. The van der Waals surface area contributed by atoms with Crippen molar-refractivity contribution in [2.45, 2.75) is 58.2 Å². The Morgan fingerprint density at radius 2 is 2.35 bits per heavy atom. The highest BCUT2D eigenvalue weighted by atomic mass is 16.5. The highest BCUT2D eigenvalue weighted by molar-refractivity contribution is 5.75. The lowest BCUT2D eigenvalue weighted by atomic mass is 10.0. The first-order valence-electron chi connectivity index (χ1n) is 7.51. The molecule has 0 aromatic carbocycles. The molecule has 2 atom stereocenters. The minimum Gasteiger partial charge on any atom is -0.468 e. The van der Waals surface area contributed by atoms with Gasteiger partial charge in [0.2, 0.25) is 0 Å². The van der Waals surface area contributed by atoms with Crippen LogP contribution in [-0.4, -0.2) is 40.3 Å². The third-order valence-electron chi connectivity index (χ3n) is 4.16. The van der Waals surface area contributed by atoms with Crippen molar-refractivity contribution < 1.29 is 9.53 Å². The number of nitrogens with zero attached hydrogens (tertiary/aromatic N) is 3. The van der Waals surface area contributed by atoms with E-state index in [0.717, 1.165) is 44.5 Å². The van der Waals surface area contributed by atoms with Gasteiger partial charge in [-0.05, 0) is 38.8 Å². The van der Waals surface area contributed by atoms with Crippen LogP contribution in [0.4, 0.5) is 0 Å². The number of likely N-dealkylation sites (tertiary alicyclic amines) is 1. The van der Waals surface area contributed by atoms with E-state index >= 15 is 0 Å². The summed E-state index contributed by atoms with van der Waals surface area (Å²) in [5.41, 5.74) is 1.03. The minimum absolute atomic E-state index is 0.109. The van der Waals surface area contributed by atoms with Crippen LogP contribution in [0.5, 0.6) is 0 Å². The number of rotatable bonds is 5. The molecule has 1 aliphatic rings. The van der Waals surface area contributed by atoms with E-state index in [1.54, 1.807) is 0 Å². The standard InChI is InChI=1S/C15H25N3O2/c1-4-12(2)18-10-8-13(16-18)11-17-9-6-5-7-14(17)15(19)20-3/h8,10,12,14H,4-7,9,11H2,1-3H3/t12?,14-/m1/s1. The number of methoxy groups -OCH3 is 1. The second kappa shape index (κ2) is 6.88. The molecule has 1 unspecified atom stereocenters. The van der Waals surface area contributed by atoms with Gasteiger partial charge in [-0.3, -0.25) is 14.4 Å². The molecule has 112 valence electrons. The second-order valence-corrected chi connectivity index (χ2v) is 5.55. The summed E-state index contributed by atoms with van der Waals surface area (Å²) < 4.78 is 6.92. The van der Waals surface area contributed by atoms with Crippen LogP contribution in [0.15, 0.2) is 12.3 Å². The molecule has 1 aromatic rings. The van der Waals surface area contributed by atoms with Crippen LogP contribution in [-0.2, 0) is 16.1 Å². The van der Waals surface area contributed by atoms with Crippen LogP contribution >= 0.6 is 0 Å². The van der Waals surface area contributed by atoms with E-state index in [2.05, 4.69) is 29.9 Å². The number of esters is 1. The van der Waals surface area contributed by atoms with Crippen LogP contribution in [0.1, 0.15) is 51.3 Å². The van der Waals surface area contributed by atoms with Crippen molar-refractivity contribution in [1.29, 1.82) is 0 Å². The first kappa shape index (κ1) is 15.0. The van der Waals surface area contributed by atoms with Crippen molar-refractivity contribution in [2.24, 2.45) is 0 Å². The quantitative estimate of drug-likeness (QED) is 0.776. The Balaban J connectivity index is 2.03. The van der Waals surface area contributed by atoms with Gasteiger partial charge in [-0.1, -0.05) is 13.3 Å². The molecule has 5 heteroatoms. The van der Waals surface area contributed by atoms with E-state index in [1.165, 1.54) is 7.11 Å². The van der Waals surface area contributed by atoms with Gasteiger partial charge < -0.3 is 4.74 Å². The van der Waals surface area contributed by atoms with Crippen molar-refractivity contribution in [2.75, 3.05) is 13.7 Å². The average Bonchev–Trinajstić information content (AvgIpc) is 2.94. The maximum Gasteiger partial charge on any atom is 0.323 e. The van der Waals surface area contributed by atoms with Crippen molar-refractivity contribution in [1.82, 2.24) is 14.7 Å². The van der Waals surface area contributed by atoms with Gasteiger partial charge in [0, 0.05) is 18.8 Å². The fourth-order valence-electron chi connectivity index (χ4n) is 2.69. The molecular formula is C15H25N3O2. The van der Waals surface area contributed by atoms with Crippen molar-refractivity contribution >= 4 is 5.97 Å². The molecule has 0 bridgehead atoms. The summed E-state index contributed by atoms with van der Waals surface area (Å²) in [6, 6.07) is 2.36. The van der Waals surface area contributed by atoms with Crippen LogP contribution in [0.25, 0.3) is 0 Å². The predicted octanol–water partition coefficient (Wildman–Crippen LogP) is 2.38. The first-order valence-corrected chi connectivity index (χ1v) is 7.51. The SMILES string of the molecule is CCC(C)n1ccc(CN2CCCC[C@@H]2C(=O)OC)n1. The molecule has 2 heterocycles. The largest absolute Gasteiger partial charge is 0.468 e. The molecule has 2 rings (SSSR count). The lowest BCUT2D eigenvalue weighted by molar-refractivity contribution is -0.148. The Bertz CT molecular complexity index is 444. The monoisotopic (exact) mass is 279 g/mol. The lowest BCUT2D eigenvalue weighted by Gasteiger charge is -2.33. The van der Waals surface area contributed by atoms with Gasteiger partial charge in [0.15, 0.2) is 0 Å². The molecular weight excluding hydrogens is 254 g/mol. The van der Waals surface area contributed by atoms with Gasteiger partial charge in [-0.25, -0.2) is 0 Å². The van der Waals surface area contributed by atoms with E-state index in [4.69, 9.17) is 4.74 Å². The maximum absolute atomic E-state index is 11.8. The van der Waals surface area contributed by atoms with Crippen LogP contribution < -0.4 is 0 Å².